The van der Waals surface area contributed by atoms with Gasteiger partial charge in [-0.15, -0.1) is 0 Å². The van der Waals surface area contributed by atoms with Crippen LogP contribution < -0.4 is 20.5 Å². The summed E-state index contributed by atoms with van der Waals surface area (Å²) in [6.45, 7) is 2.82. The number of ether oxygens (including phenoxy) is 1. The number of H-pyrrole nitrogens is 1. The van der Waals surface area contributed by atoms with Crippen LogP contribution in [-0.2, 0) is 0 Å². The van der Waals surface area contributed by atoms with Crippen molar-refractivity contribution in [3.8, 4) is 29.0 Å². The van der Waals surface area contributed by atoms with Crippen LogP contribution >= 0.6 is 0 Å². The Hall–Kier alpha value is -4.20. The van der Waals surface area contributed by atoms with Gasteiger partial charge in [0.2, 0.25) is 5.88 Å². The van der Waals surface area contributed by atoms with Crippen molar-refractivity contribution >= 4 is 27.4 Å². The van der Waals surface area contributed by atoms with Crippen LogP contribution in [0.4, 0.5) is 10.1 Å². The summed E-state index contributed by atoms with van der Waals surface area (Å²) in [6.07, 6.45) is 3.43. The van der Waals surface area contributed by atoms with Crippen LogP contribution in [0.15, 0.2) is 47.3 Å². The summed E-state index contributed by atoms with van der Waals surface area (Å²) >= 11 is 0. The molecule has 2 unspecified atom stereocenters. The van der Waals surface area contributed by atoms with Gasteiger partial charge in [0.1, 0.15) is 30.2 Å². The number of aromatic nitrogens is 2. The minimum absolute atomic E-state index is 0.0894. The van der Waals surface area contributed by atoms with Crippen molar-refractivity contribution in [2.24, 2.45) is 0 Å². The lowest BCUT2D eigenvalue weighted by molar-refractivity contribution is 0.110. The van der Waals surface area contributed by atoms with Gasteiger partial charge in [-0.1, -0.05) is 24.3 Å². The zero-order valence-electron chi connectivity index (χ0n) is 23.8. The fourth-order valence-corrected chi connectivity index (χ4v) is 8.07. The largest absolute Gasteiger partial charge is 0.508 e. The molecule has 2 bridgehead atoms. The predicted octanol–water partition coefficient (Wildman–Crippen LogP) is 4.22. The molecule has 0 radical (unpaired) electrons. The molecule has 8 rings (SSSR count). The average Bonchev–Trinajstić information content (AvgIpc) is 3.64. The van der Waals surface area contributed by atoms with Gasteiger partial charge >= 0.3 is 0 Å². The standard InChI is InChI=1S/C33H33FN6O3/c34-20-13-33(8-3-9-40(33)15-20)18-43-32-26(14-35)30(39-16-21-6-7-22(17-39)36-21)29-28(38-32)12-27(37-31(29)42)25-11-23(41)10-19-4-1-2-5-24(19)25/h1-2,4-5,10-12,20-22,36,41H,3,6-9,13,15-18H2,(H,37,42)/t20-,21?,22?,33+/m1/s1. The first kappa shape index (κ1) is 26.4. The first-order valence-electron chi connectivity index (χ1n) is 15.2. The Labute approximate surface area is 247 Å². The molecule has 4 aliphatic heterocycles. The number of phenols is 1. The normalized spacial score (nSPS) is 26.7. The fourth-order valence-electron chi connectivity index (χ4n) is 8.07. The smallest absolute Gasteiger partial charge is 0.260 e. The molecule has 4 aromatic rings. The van der Waals surface area contributed by atoms with Gasteiger partial charge in [0.15, 0.2) is 0 Å². The molecule has 9 nitrogen and oxygen atoms in total. The molecule has 10 heteroatoms. The quantitative estimate of drug-likeness (QED) is 0.321. The average molecular weight is 581 g/mol. The minimum atomic E-state index is -0.894. The summed E-state index contributed by atoms with van der Waals surface area (Å²) < 4.78 is 20.9. The van der Waals surface area contributed by atoms with Gasteiger partial charge in [-0.25, -0.2) is 9.37 Å². The summed E-state index contributed by atoms with van der Waals surface area (Å²) in [4.78, 5) is 26.1. The van der Waals surface area contributed by atoms with E-state index < -0.39 is 11.7 Å². The lowest BCUT2D eigenvalue weighted by atomic mass is 9.95. The Morgan fingerprint density at radius 3 is 2.79 bits per heavy atom. The van der Waals surface area contributed by atoms with E-state index in [1.807, 2.05) is 24.3 Å². The number of pyridine rings is 2. The van der Waals surface area contributed by atoms with Gasteiger partial charge in [0.05, 0.1) is 27.8 Å². The molecule has 2 aromatic carbocycles. The molecule has 0 aliphatic carbocycles. The van der Waals surface area contributed by atoms with Crippen molar-refractivity contribution in [1.29, 1.82) is 5.26 Å². The molecule has 0 spiro atoms. The van der Waals surface area contributed by atoms with Crippen molar-refractivity contribution < 1.29 is 14.2 Å². The molecule has 0 saturated carbocycles. The van der Waals surface area contributed by atoms with Crippen LogP contribution in [0.5, 0.6) is 11.6 Å². The molecule has 3 N–H and O–H groups in total. The molecule has 4 atom stereocenters. The number of fused-ring (bicyclic) bond motifs is 5. The number of alkyl halides is 1. The Bertz CT molecular complexity index is 1860. The summed E-state index contributed by atoms with van der Waals surface area (Å²) in [5.74, 6) is 0.267. The fraction of sp³-hybridized carbons (Fsp3) is 0.424. The van der Waals surface area contributed by atoms with Gasteiger partial charge < -0.3 is 25.0 Å². The molecular weight excluding hydrogens is 547 g/mol. The van der Waals surface area contributed by atoms with Crippen LogP contribution in [0.2, 0.25) is 0 Å². The number of aromatic amines is 1. The molecule has 220 valence electrons. The number of halogens is 1. The van der Waals surface area contributed by atoms with Crippen LogP contribution in [0.25, 0.3) is 32.9 Å². The number of anilines is 1. The molecule has 43 heavy (non-hydrogen) atoms. The first-order chi connectivity index (χ1) is 20.9. The van der Waals surface area contributed by atoms with Crippen molar-refractivity contribution in [3.63, 3.8) is 0 Å². The number of benzene rings is 2. The Balaban J connectivity index is 1.30. The van der Waals surface area contributed by atoms with Crippen LogP contribution in [0.1, 0.15) is 37.7 Å². The number of nitrogens with zero attached hydrogens (tertiary/aromatic N) is 4. The maximum absolute atomic E-state index is 14.5. The topological polar surface area (TPSA) is 118 Å². The number of aromatic hydroxyl groups is 1. The van der Waals surface area contributed by atoms with Gasteiger partial charge in [0.25, 0.3) is 5.56 Å². The van der Waals surface area contributed by atoms with E-state index in [-0.39, 0.29) is 41.4 Å². The molecule has 4 fully saturated rings. The van der Waals surface area contributed by atoms with E-state index in [0.29, 0.717) is 53.9 Å². The van der Waals surface area contributed by atoms with Crippen LogP contribution in [-0.4, -0.2) is 76.6 Å². The highest BCUT2D eigenvalue weighted by Gasteiger charge is 2.49. The highest BCUT2D eigenvalue weighted by molar-refractivity contribution is 6.01. The van der Waals surface area contributed by atoms with E-state index >= 15 is 0 Å². The second-order valence-electron chi connectivity index (χ2n) is 12.6. The number of phenolic OH excluding ortho intramolecular Hbond substituents is 1. The number of nitriles is 1. The Morgan fingerprint density at radius 1 is 1.16 bits per heavy atom. The third kappa shape index (κ3) is 4.33. The summed E-state index contributed by atoms with van der Waals surface area (Å²) in [6, 6.07) is 15.7. The summed E-state index contributed by atoms with van der Waals surface area (Å²) in [5.41, 5.74) is 1.62. The minimum Gasteiger partial charge on any atom is -0.508 e. The number of hydrogen-bond donors (Lipinski definition) is 3. The van der Waals surface area contributed by atoms with E-state index in [1.165, 1.54) is 0 Å². The third-order valence-corrected chi connectivity index (χ3v) is 9.94. The first-order valence-corrected chi connectivity index (χ1v) is 15.2. The zero-order chi connectivity index (χ0) is 29.3. The molecule has 2 aromatic heterocycles. The number of rotatable bonds is 5. The molecule has 4 aliphatic rings. The number of piperazine rings is 1. The SMILES string of the molecule is N#Cc1c(OC[C@@]23CCCN2C[C@H](F)C3)nc2cc(-c3cc(O)cc4ccccc34)[nH]c(=O)c2c1N1CC2CCC(C1)N2. The lowest BCUT2D eigenvalue weighted by Gasteiger charge is -2.36. The Kier molecular flexibility index (Phi) is 6.10. The van der Waals surface area contributed by atoms with Gasteiger partial charge in [-0.2, -0.15) is 5.26 Å². The van der Waals surface area contributed by atoms with Crippen molar-refractivity contribution in [3.05, 3.63) is 58.4 Å². The second-order valence-corrected chi connectivity index (χ2v) is 12.6. The molecule has 6 heterocycles. The highest BCUT2D eigenvalue weighted by Crippen LogP contribution is 2.42. The van der Waals surface area contributed by atoms with Crippen LogP contribution in [0.3, 0.4) is 0 Å². The summed E-state index contributed by atoms with van der Waals surface area (Å²) in [7, 11) is 0. The highest BCUT2D eigenvalue weighted by atomic mass is 19.1. The van der Waals surface area contributed by atoms with Crippen molar-refractivity contribution in [1.82, 2.24) is 20.2 Å². The predicted molar refractivity (Wildman–Crippen MR) is 162 cm³/mol. The van der Waals surface area contributed by atoms with E-state index in [1.54, 1.807) is 18.2 Å². The maximum atomic E-state index is 14.5. The third-order valence-electron chi connectivity index (χ3n) is 9.94. The van der Waals surface area contributed by atoms with E-state index in [9.17, 15) is 19.6 Å². The van der Waals surface area contributed by atoms with Gasteiger partial charge in [0, 0.05) is 43.7 Å². The lowest BCUT2D eigenvalue weighted by Crippen LogP contribution is -2.51. The van der Waals surface area contributed by atoms with Crippen LogP contribution in [0, 0.1) is 11.3 Å². The van der Waals surface area contributed by atoms with E-state index in [2.05, 4.69) is 26.2 Å². The van der Waals surface area contributed by atoms with Crippen molar-refractivity contribution in [2.45, 2.75) is 55.9 Å². The number of hydrogen-bond acceptors (Lipinski definition) is 8. The molecular formula is C33H33FN6O3. The molecule has 4 saturated heterocycles. The molecule has 0 amide bonds. The zero-order valence-corrected chi connectivity index (χ0v) is 23.8. The second kappa shape index (κ2) is 9.93. The Morgan fingerprint density at radius 2 is 1.98 bits per heavy atom. The van der Waals surface area contributed by atoms with Crippen molar-refractivity contribution in [2.75, 3.05) is 37.7 Å². The van der Waals surface area contributed by atoms with E-state index in [0.717, 1.165) is 43.0 Å². The number of nitrogens with one attached hydrogen (secondary N) is 2. The van der Waals surface area contributed by atoms with E-state index in [4.69, 9.17) is 9.72 Å². The van der Waals surface area contributed by atoms with Gasteiger partial charge in [-0.05, 0) is 61.2 Å². The monoisotopic (exact) mass is 580 g/mol. The van der Waals surface area contributed by atoms with Gasteiger partial charge in [-0.3, -0.25) is 9.69 Å². The summed E-state index contributed by atoms with van der Waals surface area (Å²) in [5, 5.41) is 26.7. The maximum Gasteiger partial charge on any atom is 0.260 e.